The number of halogens is 1. The molecule has 1 amide bonds. The molecule has 1 aromatic rings. The van der Waals surface area contributed by atoms with Crippen LogP contribution in [0.3, 0.4) is 0 Å². The number of amides is 1. The van der Waals surface area contributed by atoms with Gasteiger partial charge in [0.05, 0.1) is 4.90 Å². The van der Waals surface area contributed by atoms with Gasteiger partial charge >= 0.3 is 0 Å². The highest BCUT2D eigenvalue weighted by atomic mass is 35.7. The van der Waals surface area contributed by atoms with Gasteiger partial charge in [0.1, 0.15) is 0 Å². The highest BCUT2D eigenvalue weighted by molar-refractivity contribution is 8.13. The summed E-state index contributed by atoms with van der Waals surface area (Å²) < 4.78 is 22.5. The van der Waals surface area contributed by atoms with Gasteiger partial charge in [-0.15, -0.1) is 0 Å². The van der Waals surface area contributed by atoms with E-state index in [4.69, 9.17) is 10.7 Å². The molecule has 0 radical (unpaired) electrons. The Kier molecular flexibility index (Phi) is 8.49. The number of hydrogen-bond donors (Lipinski definition) is 1. The predicted octanol–water partition coefficient (Wildman–Crippen LogP) is 4.09. The molecule has 0 bridgehead atoms. The number of rotatable bonds is 10. The quantitative estimate of drug-likeness (QED) is 0.513. The molecule has 124 valence electrons. The zero-order valence-electron chi connectivity index (χ0n) is 13.0. The van der Waals surface area contributed by atoms with Crippen LogP contribution in [0.1, 0.15) is 62.2 Å². The van der Waals surface area contributed by atoms with E-state index in [2.05, 4.69) is 12.2 Å². The highest BCUT2D eigenvalue weighted by Crippen LogP contribution is 2.16. The lowest BCUT2D eigenvalue weighted by Crippen LogP contribution is -2.24. The van der Waals surface area contributed by atoms with Gasteiger partial charge < -0.3 is 5.32 Å². The van der Waals surface area contributed by atoms with Crippen molar-refractivity contribution in [2.24, 2.45) is 0 Å². The molecular formula is C16H24ClNO3S. The van der Waals surface area contributed by atoms with Crippen molar-refractivity contribution in [1.29, 1.82) is 0 Å². The van der Waals surface area contributed by atoms with Gasteiger partial charge in [-0.2, -0.15) is 0 Å². The Morgan fingerprint density at radius 1 is 1.09 bits per heavy atom. The van der Waals surface area contributed by atoms with Gasteiger partial charge in [-0.3, -0.25) is 4.79 Å². The van der Waals surface area contributed by atoms with E-state index >= 15 is 0 Å². The largest absolute Gasteiger partial charge is 0.352 e. The number of unbranched alkanes of at least 4 members (excludes halogenated alkanes) is 6. The van der Waals surface area contributed by atoms with Crippen LogP contribution in [-0.2, 0) is 9.05 Å². The number of carbonyl (C=O) groups is 1. The number of nitrogens with one attached hydrogen (secondary N) is 1. The topological polar surface area (TPSA) is 63.2 Å². The average molecular weight is 346 g/mol. The van der Waals surface area contributed by atoms with Gasteiger partial charge in [0.15, 0.2) is 0 Å². The van der Waals surface area contributed by atoms with Crippen LogP contribution in [0.15, 0.2) is 29.2 Å². The maximum atomic E-state index is 11.9. The average Bonchev–Trinajstić information content (AvgIpc) is 2.49. The summed E-state index contributed by atoms with van der Waals surface area (Å²) in [4.78, 5) is 11.9. The van der Waals surface area contributed by atoms with Crippen LogP contribution in [0, 0.1) is 0 Å². The first-order valence-electron chi connectivity index (χ1n) is 7.78. The molecule has 0 fully saturated rings. The minimum atomic E-state index is -3.81. The molecule has 0 atom stereocenters. The number of benzene rings is 1. The van der Waals surface area contributed by atoms with Crippen LogP contribution in [0.25, 0.3) is 0 Å². The van der Waals surface area contributed by atoms with Gasteiger partial charge in [0.2, 0.25) is 0 Å². The van der Waals surface area contributed by atoms with E-state index in [-0.39, 0.29) is 10.8 Å². The zero-order chi connectivity index (χ0) is 16.4. The molecule has 1 aromatic carbocycles. The Labute approximate surface area is 137 Å². The third-order valence-electron chi connectivity index (χ3n) is 3.44. The van der Waals surface area contributed by atoms with Crippen LogP contribution in [0.5, 0.6) is 0 Å². The molecule has 22 heavy (non-hydrogen) atoms. The summed E-state index contributed by atoms with van der Waals surface area (Å²) in [6.07, 6.45) is 8.28. The Hall–Kier alpha value is -1.07. The Balaban J connectivity index is 2.31. The molecule has 1 N–H and O–H groups in total. The van der Waals surface area contributed by atoms with Crippen molar-refractivity contribution < 1.29 is 13.2 Å². The summed E-state index contributed by atoms with van der Waals surface area (Å²) in [5, 5.41) is 2.80. The van der Waals surface area contributed by atoms with E-state index in [1.807, 2.05) is 0 Å². The minimum Gasteiger partial charge on any atom is -0.352 e. The van der Waals surface area contributed by atoms with Crippen molar-refractivity contribution in [3.8, 4) is 0 Å². The minimum absolute atomic E-state index is 0.0576. The van der Waals surface area contributed by atoms with E-state index in [0.717, 1.165) is 12.8 Å². The summed E-state index contributed by atoms with van der Waals surface area (Å²) in [6, 6.07) is 5.75. The van der Waals surface area contributed by atoms with Crippen molar-refractivity contribution in [2.75, 3.05) is 6.54 Å². The molecule has 0 saturated heterocycles. The molecule has 0 spiro atoms. The first-order chi connectivity index (χ1) is 10.4. The molecular weight excluding hydrogens is 322 g/mol. The smallest absolute Gasteiger partial charge is 0.261 e. The molecule has 6 heteroatoms. The van der Waals surface area contributed by atoms with Crippen LogP contribution in [0.4, 0.5) is 0 Å². The fraction of sp³-hybridized carbons (Fsp3) is 0.562. The van der Waals surface area contributed by atoms with Crippen LogP contribution < -0.4 is 5.32 Å². The SMILES string of the molecule is CCCCCCCCCNC(=O)c1cccc(S(=O)(=O)Cl)c1. The van der Waals surface area contributed by atoms with Gasteiger partial charge in [0.25, 0.3) is 15.0 Å². The monoisotopic (exact) mass is 345 g/mol. The van der Waals surface area contributed by atoms with Crippen molar-refractivity contribution in [3.63, 3.8) is 0 Å². The molecule has 1 rings (SSSR count). The maximum Gasteiger partial charge on any atom is 0.261 e. The molecule has 4 nitrogen and oxygen atoms in total. The van der Waals surface area contributed by atoms with Crippen LogP contribution in [0.2, 0.25) is 0 Å². The molecule has 0 heterocycles. The first-order valence-corrected chi connectivity index (χ1v) is 10.1. The zero-order valence-corrected chi connectivity index (χ0v) is 14.5. The Morgan fingerprint density at radius 2 is 1.73 bits per heavy atom. The third-order valence-corrected chi connectivity index (χ3v) is 4.80. The van der Waals surface area contributed by atoms with E-state index in [0.29, 0.717) is 12.1 Å². The van der Waals surface area contributed by atoms with Crippen LogP contribution >= 0.6 is 10.7 Å². The lowest BCUT2D eigenvalue weighted by Gasteiger charge is -2.06. The Morgan fingerprint density at radius 3 is 2.36 bits per heavy atom. The lowest BCUT2D eigenvalue weighted by molar-refractivity contribution is 0.0952. The fourth-order valence-electron chi connectivity index (χ4n) is 2.18. The number of hydrogen-bond acceptors (Lipinski definition) is 3. The van der Waals surface area contributed by atoms with E-state index in [9.17, 15) is 13.2 Å². The standard InChI is InChI=1S/C16H24ClNO3S/c1-2-3-4-5-6-7-8-12-18-16(19)14-10-9-11-15(13-14)22(17,20)21/h9-11,13H,2-8,12H2,1H3,(H,18,19). The second kappa shape index (κ2) is 9.85. The summed E-state index contributed by atoms with van der Waals surface area (Å²) in [7, 11) is 1.47. The van der Waals surface area contributed by atoms with E-state index in [1.54, 1.807) is 6.07 Å². The van der Waals surface area contributed by atoms with Crippen molar-refractivity contribution in [3.05, 3.63) is 29.8 Å². The van der Waals surface area contributed by atoms with E-state index in [1.165, 1.54) is 50.3 Å². The van der Waals surface area contributed by atoms with Gasteiger partial charge in [-0.05, 0) is 24.6 Å². The maximum absolute atomic E-state index is 11.9. The van der Waals surface area contributed by atoms with Crippen molar-refractivity contribution in [1.82, 2.24) is 5.32 Å². The molecule has 0 aromatic heterocycles. The van der Waals surface area contributed by atoms with Gasteiger partial charge in [-0.25, -0.2) is 8.42 Å². The van der Waals surface area contributed by atoms with Gasteiger partial charge in [0, 0.05) is 22.8 Å². The fourth-order valence-corrected chi connectivity index (χ4v) is 2.97. The van der Waals surface area contributed by atoms with Crippen molar-refractivity contribution in [2.45, 2.75) is 56.8 Å². The normalized spacial score (nSPS) is 11.4. The molecule has 0 unspecified atom stereocenters. The molecule has 0 aliphatic carbocycles. The summed E-state index contributed by atoms with van der Waals surface area (Å²) in [5.74, 6) is -0.270. The first kappa shape index (κ1) is 19.0. The molecule has 0 saturated carbocycles. The number of carbonyl (C=O) groups excluding carboxylic acids is 1. The van der Waals surface area contributed by atoms with E-state index < -0.39 is 9.05 Å². The lowest BCUT2D eigenvalue weighted by atomic mass is 10.1. The second-order valence-corrected chi connectivity index (χ2v) is 7.91. The van der Waals surface area contributed by atoms with Crippen molar-refractivity contribution >= 4 is 25.6 Å². The van der Waals surface area contributed by atoms with Crippen LogP contribution in [-0.4, -0.2) is 20.9 Å². The highest BCUT2D eigenvalue weighted by Gasteiger charge is 2.12. The second-order valence-electron chi connectivity index (χ2n) is 5.34. The summed E-state index contributed by atoms with van der Waals surface area (Å²) >= 11 is 0. The Bertz CT molecular complexity index is 573. The van der Waals surface area contributed by atoms with Gasteiger partial charge in [-0.1, -0.05) is 51.5 Å². The predicted molar refractivity (Wildman–Crippen MR) is 89.8 cm³/mol. The molecule has 0 aliphatic rings. The summed E-state index contributed by atoms with van der Waals surface area (Å²) in [6.45, 7) is 2.80. The summed E-state index contributed by atoms with van der Waals surface area (Å²) in [5.41, 5.74) is 0.310. The third kappa shape index (κ3) is 7.27. The molecule has 0 aliphatic heterocycles.